The van der Waals surface area contributed by atoms with E-state index in [9.17, 15) is 0 Å². The molecule has 0 radical (unpaired) electrons. The van der Waals surface area contributed by atoms with E-state index in [1.807, 2.05) is 7.05 Å². The smallest absolute Gasteiger partial charge is 0.0397 e. The lowest BCUT2D eigenvalue weighted by atomic mass is 10.0. The van der Waals surface area contributed by atoms with Crippen molar-refractivity contribution in [1.29, 1.82) is 0 Å². The molecule has 1 N–H and O–H groups in total. The molecule has 0 heterocycles. The summed E-state index contributed by atoms with van der Waals surface area (Å²) >= 11 is 0. The minimum absolute atomic E-state index is 1.12. The Morgan fingerprint density at radius 2 is 1.67 bits per heavy atom. The number of aryl methyl sites for hydroxylation is 3. The second-order valence-corrected chi connectivity index (χ2v) is 3.21. The van der Waals surface area contributed by atoms with Crippen LogP contribution in [0.25, 0.3) is 0 Å². The summed E-state index contributed by atoms with van der Waals surface area (Å²) in [7, 11) is 1.97. The average molecular weight is 163 g/mol. The van der Waals surface area contributed by atoms with Gasteiger partial charge in [-0.1, -0.05) is 19.1 Å². The normalized spacial score (nSPS) is 10.0. The van der Waals surface area contributed by atoms with Crippen molar-refractivity contribution in [3.8, 4) is 0 Å². The van der Waals surface area contributed by atoms with Gasteiger partial charge in [0.25, 0.3) is 0 Å². The molecule has 0 atom stereocenters. The highest BCUT2D eigenvalue weighted by molar-refractivity contribution is 5.57. The molecule has 0 aromatic heterocycles. The Labute approximate surface area is 74.8 Å². The zero-order valence-corrected chi connectivity index (χ0v) is 8.36. The van der Waals surface area contributed by atoms with E-state index >= 15 is 0 Å². The number of hydrogen-bond acceptors (Lipinski definition) is 1. The SMILES string of the molecule is CCc1cc(C)c(NC)c(C)c1. The molecule has 12 heavy (non-hydrogen) atoms. The second kappa shape index (κ2) is 3.61. The van der Waals surface area contributed by atoms with Crippen molar-refractivity contribution in [2.45, 2.75) is 27.2 Å². The number of nitrogens with one attached hydrogen (secondary N) is 1. The summed E-state index contributed by atoms with van der Waals surface area (Å²) in [4.78, 5) is 0. The highest BCUT2D eigenvalue weighted by atomic mass is 14.8. The molecule has 0 saturated heterocycles. The maximum atomic E-state index is 3.21. The Hall–Kier alpha value is -0.980. The molecule has 0 unspecified atom stereocenters. The summed E-state index contributed by atoms with van der Waals surface area (Å²) in [6.07, 6.45) is 1.12. The summed E-state index contributed by atoms with van der Waals surface area (Å²) in [5.41, 5.74) is 5.37. The van der Waals surface area contributed by atoms with E-state index in [1.54, 1.807) is 0 Å². The van der Waals surface area contributed by atoms with E-state index in [1.165, 1.54) is 22.4 Å². The van der Waals surface area contributed by atoms with Gasteiger partial charge in [-0.3, -0.25) is 0 Å². The lowest BCUT2D eigenvalue weighted by Crippen LogP contribution is -1.96. The van der Waals surface area contributed by atoms with Gasteiger partial charge in [0, 0.05) is 12.7 Å². The molecule has 66 valence electrons. The van der Waals surface area contributed by atoms with Gasteiger partial charge in [0.15, 0.2) is 0 Å². The number of anilines is 1. The van der Waals surface area contributed by atoms with E-state index in [2.05, 4.69) is 38.2 Å². The Morgan fingerprint density at radius 3 is 2.00 bits per heavy atom. The van der Waals surface area contributed by atoms with Crippen LogP contribution in [-0.2, 0) is 6.42 Å². The van der Waals surface area contributed by atoms with Gasteiger partial charge in [0.05, 0.1) is 0 Å². The molecule has 1 heteroatoms. The lowest BCUT2D eigenvalue weighted by molar-refractivity contribution is 1.12. The molecule has 0 saturated carbocycles. The van der Waals surface area contributed by atoms with Crippen molar-refractivity contribution >= 4 is 5.69 Å². The van der Waals surface area contributed by atoms with Crippen LogP contribution in [0.15, 0.2) is 12.1 Å². The standard InChI is InChI=1S/C11H17N/c1-5-10-6-8(2)11(12-4)9(3)7-10/h6-7,12H,5H2,1-4H3. The van der Waals surface area contributed by atoms with Crippen LogP contribution in [0.2, 0.25) is 0 Å². The maximum absolute atomic E-state index is 3.21. The first-order chi connectivity index (χ1) is 5.69. The Kier molecular flexibility index (Phi) is 2.74. The predicted molar refractivity (Wildman–Crippen MR) is 54.8 cm³/mol. The summed E-state index contributed by atoms with van der Waals surface area (Å²) in [6.45, 7) is 6.49. The maximum Gasteiger partial charge on any atom is 0.0397 e. The molecular weight excluding hydrogens is 146 g/mol. The fourth-order valence-corrected chi connectivity index (χ4v) is 1.65. The van der Waals surface area contributed by atoms with E-state index in [0.717, 1.165) is 6.42 Å². The summed E-state index contributed by atoms with van der Waals surface area (Å²) in [6, 6.07) is 4.50. The van der Waals surface area contributed by atoms with E-state index in [0.29, 0.717) is 0 Å². The molecule has 0 aliphatic rings. The average Bonchev–Trinajstić information content (AvgIpc) is 2.03. The van der Waals surface area contributed by atoms with Gasteiger partial charge in [0.1, 0.15) is 0 Å². The topological polar surface area (TPSA) is 12.0 Å². The summed E-state index contributed by atoms with van der Waals surface area (Å²) in [5.74, 6) is 0. The summed E-state index contributed by atoms with van der Waals surface area (Å²) in [5, 5.41) is 3.21. The third kappa shape index (κ3) is 1.60. The van der Waals surface area contributed by atoms with Crippen LogP contribution in [0.3, 0.4) is 0 Å². The van der Waals surface area contributed by atoms with Crippen LogP contribution in [0.4, 0.5) is 5.69 Å². The first kappa shape index (κ1) is 9.11. The third-order valence-electron chi connectivity index (χ3n) is 2.25. The van der Waals surface area contributed by atoms with Crippen LogP contribution in [0.5, 0.6) is 0 Å². The van der Waals surface area contributed by atoms with Gasteiger partial charge in [-0.05, 0) is 37.0 Å². The molecule has 0 fully saturated rings. The molecule has 1 rings (SSSR count). The van der Waals surface area contributed by atoms with Crippen molar-refractivity contribution in [2.24, 2.45) is 0 Å². The third-order valence-corrected chi connectivity index (χ3v) is 2.25. The van der Waals surface area contributed by atoms with Crippen molar-refractivity contribution in [3.63, 3.8) is 0 Å². The van der Waals surface area contributed by atoms with Crippen LogP contribution in [-0.4, -0.2) is 7.05 Å². The quantitative estimate of drug-likeness (QED) is 0.707. The molecule has 0 spiro atoms. The first-order valence-corrected chi connectivity index (χ1v) is 4.47. The zero-order chi connectivity index (χ0) is 9.14. The molecule has 1 aromatic rings. The van der Waals surface area contributed by atoms with Gasteiger partial charge in [-0.2, -0.15) is 0 Å². The van der Waals surface area contributed by atoms with Crippen LogP contribution in [0, 0.1) is 13.8 Å². The minimum atomic E-state index is 1.12. The summed E-state index contributed by atoms with van der Waals surface area (Å²) < 4.78 is 0. The predicted octanol–water partition coefficient (Wildman–Crippen LogP) is 2.91. The van der Waals surface area contributed by atoms with E-state index in [-0.39, 0.29) is 0 Å². The van der Waals surface area contributed by atoms with Crippen LogP contribution < -0.4 is 5.32 Å². The van der Waals surface area contributed by atoms with Gasteiger partial charge in [-0.25, -0.2) is 0 Å². The second-order valence-electron chi connectivity index (χ2n) is 3.21. The first-order valence-electron chi connectivity index (χ1n) is 4.47. The number of benzene rings is 1. The van der Waals surface area contributed by atoms with Crippen LogP contribution in [0.1, 0.15) is 23.6 Å². The number of rotatable bonds is 2. The van der Waals surface area contributed by atoms with Gasteiger partial charge >= 0.3 is 0 Å². The fourth-order valence-electron chi connectivity index (χ4n) is 1.65. The largest absolute Gasteiger partial charge is 0.388 e. The molecule has 1 aromatic carbocycles. The van der Waals surface area contributed by atoms with Crippen molar-refractivity contribution < 1.29 is 0 Å². The lowest BCUT2D eigenvalue weighted by Gasteiger charge is -2.10. The van der Waals surface area contributed by atoms with Crippen molar-refractivity contribution in [2.75, 3.05) is 12.4 Å². The number of hydrogen-bond donors (Lipinski definition) is 1. The van der Waals surface area contributed by atoms with E-state index < -0.39 is 0 Å². The molecule has 1 nitrogen and oxygen atoms in total. The Bertz CT molecular complexity index is 253. The molecule has 0 aliphatic heterocycles. The fraction of sp³-hybridized carbons (Fsp3) is 0.455. The van der Waals surface area contributed by atoms with Crippen LogP contribution >= 0.6 is 0 Å². The van der Waals surface area contributed by atoms with Gasteiger partial charge in [0.2, 0.25) is 0 Å². The van der Waals surface area contributed by atoms with E-state index in [4.69, 9.17) is 0 Å². The Morgan fingerprint density at radius 1 is 1.17 bits per heavy atom. The molecule has 0 amide bonds. The highest BCUT2D eigenvalue weighted by Gasteiger charge is 2.01. The minimum Gasteiger partial charge on any atom is -0.388 e. The molecule has 0 bridgehead atoms. The van der Waals surface area contributed by atoms with Crippen molar-refractivity contribution in [1.82, 2.24) is 0 Å². The monoisotopic (exact) mass is 163 g/mol. The molecular formula is C11H17N. The highest BCUT2D eigenvalue weighted by Crippen LogP contribution is 2.21. The van der Waals surface area contributed by atoms with Gasteiger partial charge < -0.3 is 5.32 Å². The van der Waals surface area contributed by atoms with Gasteiger partial charge in [-0.15, -0.1) is 0 Å². The van der Waals surface area contributed by atoms with Crippen molar-refractivity contribution in [3.05, 3.63) is 28.8 Å². The zero-order valence-electron chi connectivity index (χ0n) is 8.36. The molecule has 0 aliphatic carbocycles. The Balaban J connectivity index is 3.18.